The lowest BCUT2D eigenvalue weighted by atomic mass is 10.2. The van der Waals surface area contributed by atoms with Crippen molar-refractivity contribution >= 4 is 10.9 Å². The predicted molar refractivity (Wildman–Crippen MR) is 70.9 cm³/mol. The quantitative estimate of drug-likeness (QED) is 0.753. The van der Waals surface area contributed by atoms with Gasteiger partial charge in [0.1, 0.15) is 6.33 Å². The minimum Gasteiger partial charge on any atom is -0.493 e. The van der Waals surface area contributed by atoms with E-state index in [9.17, 15) is 13.6 Å². The molecule has 0 aliphatic heterocycles. The van der Waals surface area contributed by atoms with Crippen LogP contribution >= 0.6 is 0 Å². The van der Waals surface area contributed by atoms with Gasteiger partial charge in [0.15, 0.2) is 23.1 Å². The lowest BCUT2D eigenvalue weighted by molar-refractivity contribution is -0.0511. The third-order valence-corrected chi connectivity index (χ3v) is 2.85. The minimum atomic E-state index is -3.03. The molecule has 0 fully saturated rings. The molecule has 0 aliphatic rings. The second-order valence-electron chi connectivity index (χ2n) is 4.15. The Bertz CT molecular complexity index is 863. The number of ether oxygens (including phenoxy) is 2. The maximum Gasteiger partial charge on any atom is 0.387 e. The minimum absolute atomic E-state index is 0.00696. The predicted octanol–water partition coefficient (Wildman–Crippen LogP) is 1.32. The first-order valence-corrected chi connectivity index (χ1v) is 6.01. The Morgan fingerprint density at radius 3 is 2.68 bits per heavy atom. The molecule has 0 spiro atoms. The Morgan fingerprint density at radius 1 is 1.23 bits per heavy atom. The van der Waals surface area contributed by atoms with Gasteiger partial charge in [-0.15, -0.1) is 0 Å². The second kappa shape index (κ2) is 5.39. The van der Waals surface area contributed by atoms with Crippen LogP contribution < -0.4 is 15.0 Å². The summed E-state index contributed by atoms with van der Waals surface area (Å²) in [4.78, 5) is 22.6. The molecule has 3 aromatic rings. The molecular weight excluding hydrogens is 300 g/mol. The van der Waals surface area contributed by atoms with E-state index in [0.717, 1.165) is 0 Å². The van der Waals surface area contributed by atoms with E-state index in [0.29, 0.717) is 0 Å². The van der Waals surface area contributed by atoms with Crippen LogP contribution in [-0.2, 0) is 0 Å². The normalized spacial score (nSPS) is 11.1. The molecular formula is C12H9F2N5O3. The van der Waals surface area contributed by atoms with Gasteiger partial charge in [-0.3, -0.25) is 9.89 Å². The zero-order valence-corrected chi connectivity index (χ0v) is 11.1. The van der Waals surface area contributed by atoms with Crippen LogP contribution in [0.15, 0.2) is 23.3 Å². The lowest BCUT2D eigenvalue weighted by Crippen LogP contribution is -2.11. The number of aromatic amines is 2. The molecule has 3 rings (SSSR count). The Balaban J connectivity index is 2.21. The summed E-state index contributed by atoms with van der Waals surface area (Å²) < 4.78 is 34.2. The maximum atomic E-state index is 12.4. The average Bonchev–Trinajstić information content (AvgIpc) is 3.00. The summed E-state index contributed by atoms with van der Waals surface area (Å²) >= 11 is 0. The van der Waals surface area contributed by atoms with Crippen molar-refractivity contribution in [1.29, 1.82) is 0 Å². The van der Waals surface area contributed by atoms with Crippen LogP contribution in [0.1, 0.15) is 0 Å². The average molecular weight is 309 g/mol. The highest BCUT2D eigenvalue weighted by molar-refractivity contribution is 5.82. The van der Waals surface area contributed by atoms with Gasteiger partial charge in [-0.05, 0) is 6.07 Å². The number of nitrogens with zero attached hydrogens (tertiary/aromatic N) is 3. The fraction of sp³-hybridized carbons (Fsp3) is 0.167. The molecule has 0 unspecified atom stereocenters. The molecule has 1 aromatic carbocycles. The fourth-order valence-electron chi connectivity index (χ4n) is 1.93. The third-order valence-electron chi connectivity index (χ3n) is 2.85. The Morgan fingerprint density at radius 2 is 2.05 bits per heavy atom. The number of rotatable bonds is 4. The van der Waals surface area contributed by atoms with E-state index >= 15 is 0 Å². The van der Waals surface area contributed by atoms with Gasteiger partial charge in [0.05, 0.1) is 18.0 Å². The number of H-pyrrole nitrogens is 2. The molecule has 0 amide bonds. The maximum absolute atomic E-state index is 12.4. The fourth-order valence-corrected chi connectivity index (χ4v) is 1.93. The second-order valence-corrected chi connectivity index (χ2v) is 4.15. The summed E-state index contributed by atoms with van der Waals surface area (Å²) in [6, 6.07) is 2.48. The monoisotopic (exact) mass is 309 g/mol. The first kappa shape index (κ1) is 13.9. The highest BCUT2D eigenvalue weighted by Gasteiger charge is 2.15. The van der Waals surface area contributed by atoms with E-state index < -0.39 is 12.2 Å². The van der Waals surface area contributed by atoms with E-state index in [1.54, 1.807) is 0 Å². The van der Waals surface area contributed by atoms with Crippen molar-refractivity contribution in [3.8, 4) is 23.1 Å². The zero-order chi connectivity index (χ0) is 15.7. The van der Waals surface area contributed by atoms with Crippen molar-refractivity contribution in [2.75, 3.05) is 7.11 Å². The van der Waals surface area contributed by atoms with Crippen molar-refractivity contribution in [2.24, 2.45) is 0 Å². The van der Waals surface area contributed by atoms with Crippen molar-refractivity contribution in [2.45, 2.75) is 6.61 Å². The summed E-state index contributed by atoms with van der Waals surface area (Å²) in [5.41, 5.74) is -0.315. The van der Waals surface area contributed by atoms with Gasteiger partial charge < -0.3 is 14.5 Å². The summed E-state index contributed by atoms with van der Waals surface area (Å²) in [5.74, 6) is 0.161. The highest BCUT2D eigenvalue weighted by Crippen LogP contribution is 2.31. The number of methoxy groups -OCH3 is 1. The Kier molecular flexibility index (Phi) is 3.41. The molecule has 0 saturated heterocycles. The number of nitrogens with one attached hydrogen (secondary N) is 2. The summed E-state index contributed by atoms with van der Waals surface area (Å²) in [6.07, 6.45) is 1.25. The smallest absolute Gasteiger partial charge is 0.387 e. The SMILES string of the molecule is COc1cc2c(=O)[nH]c(-c3ncn[nH]3)nc2cc1OC(F)F. The van der Waals surface area contributed by atoms with Crippen LogP contribution in [0.25, 0.3) is 22.6 Å². The van der Waals surface area contributed by atoms with Crippen LogP contribution in [0.3, 0.4) is 0 Å². The van der Waals surface area contributed by atoms with Crippen LogP contribution in [0.5, 0.6) is 11.5 Å². The largest absolute Gasteiger partial charge is 0.493 e. The number of fused-ring (bicyclic) bond motifs is 1. The van der Waals surface area contributed by atoms with Crippen molar-refractivity contribution < 1.29 is 18.3 Å². The molecule has 10 heteroatoms. The van der Waals surface area contributed by atoms with E-state index in [2.05, 4.69) is 29.9 Å². The number of alkyl halides is 2. The molecule has 0 atom stereocenters. The molecule has 2 heterocycles. The Labute approximate surface area is 121 Å². The van der Waals surface area contributed by atoms with E-state index in [1.165, 1.54) is 25.6 Å². The molecule has 2 N–H and O–H groups in total. The van der Waals surface area contributed by atoms with Gasteiger partial charge in [0.25, 0.3) is 5.56 Å². The zero-order valence-electron chi connectivity index (χ0n) is 11.1. The number of hydrogen-bond donors (Lipinski definition) is 2. The van der Waals surface area contributed by atoms with Gasteiger partial charge in [0.2, 0.25) is 0 Å². The topological polar surface area (TPSA) is 106 Å². The number of benzene rings is 1. The molecule has 0 bridgehead atoms. The van der Waals surface area contributed by atoms with Gasteiger partial charge in [-0.2, -0.15) is 13.9 Å². The van der Waals surface area contributed by atoms with Crippen LogP contribution in [0.4, 0.5) is 8.78 Å². The van der Waals surface area contributed by atoms with Crippen molar-refractivity contribution in [1.82, 2.24) is 25.1 Å². The Hall–Kier alpha value is -3.04. The molecule has 114 valence electrons. The number of halogens is 2. The molecule has 8 nitrogen and oxygen atoms in total. The van der Waals surface area contributed by atoms with Crippen LogP contribution in [0.2, 0.25) is 0 Å². The number of aromatic nitrogens is 5. The molecule has 0 radical (unpaired) electrons. The highest BCUT2D eigenvalue weighted by atomic mass is 19.3. The standard InChI is InChI=1S/C12H9F2N5O3/c1-21-7-2-5-6(3-8(7)22-12(13)14)17-10(18-11(5)20)9-15-4-16-19-9/h2-4,12H,1H3,(H,15,16,19)(H,17,18,20). The van der Waals surface area contributed by atoms with E-state index in [-0.39, 0.29) is 34.1 Å². The van der Waals surface area contributed by atoms with Crippen molar-refractivity contribution in [3.05, 3.63) is 28.8 Å². The van der Waals surface area contributed by atoms with E-state index in [4.69, 9.17) is 4.74 Å². The number of hydrogen-bond acceptors (Lipinski definition) is 6. The van der Waals surface area contributed by atoms with Gasteiger partial charge >= 0.3 is 6.61 Å². The van der Waals surface area contributed by atoms with Gasteiger partial charge in [-0.25, -0.2) is 9.97 Å². The first-order valence-electron chi connectivity index (χ1n) is 6.01. The summed E-state index contributed by atoms with van der Waals surface area (Å²) in [5, 5.41) is 6.36. The lowest BCUT2D eigenvalue weighted by Gasteiger charge is -2.10. The van der Waals surface area contributed by atoms with Crippen molar-refractivity contribution in [3.63, 3.8) is 0 Å². The van der Waals surface area contributed by atoms with E-state index in [1.807, 2.05) is 0 Å². The molecule has 0 saturated carbocycles. The molecule has 2 aromatic heterocycles. The van der Waals surface area contributed by atoms with Gasteiger partial charge in [0, 0.05) is 6.07 Å². The van der Waals surface area contributed by atoms with Crippen LogP contribution in [0, 0.1) is 0 Å². The molecule has 0 aliphatic carbocycles. The third kappa shape index (κ3) is 2.45. The first-order chi connectivity index (χ1) is 10.6. The summed E-state index contributed by atoms with van der Waals surface area (Å²) in [7, 11) is 1.28. The van der Waals surface area contributed by atoms with Crippen LogP contribution in [-0.4, -0.2) is 38.9 Å². The molecule has 22 heavy (non-hydrogen) atoms. The van der Waals surface area contributed by atoms with Gasteiger partial charge in [-0.1, -0.05) is 0 Å². The summed E-state index contributed by atoms with van der Waals surface area (Å²) in [6.45, 7) is -3.03.